The van der Waals surface area contributed by atoms with Crippen LogP contribution >= 0.6 is 24.0 Å². The van der Waals surface area contributed by atoms with E-state index < -0.39 is 0 Å². The topological polar surface area (TPSA) is 54.9 Å². The smallest absolute Gasteiger partial charge is 0.190 e. The molecule has 0 fully saturated rings. The first-order valence-corrected chi connectivity index (χ1v) is 7.92. The highest BCUT2D eigenvalue weighted by Crippen LogP contribution is 2.01. The van der Waals surface area contributed by atoms with Crippen molar-refractivity contribution in [3.8, 4) is 0 Å². The molecular formula is C17H30IN3O2. The lowest BCUT2D eigenvalue weighted by Crippen LogP contribution is -2.38. The van der Waals surface area contributed by atoms with Crippen molar-refractivity contribution in [2.24, 2.45) is 4.99 Å². The van der Waals surface area contributed by atoms with Crippen LogP contribution in [0, 0.1) is 0 Å². The maximum atomic E-state index is 5.41. The summed E-state index contributed by atoms with van der Waals surface area (Å²) in [7, 11) is 3.47. The van der Waals surface area contributed by atoms with Crippen molar-refractivity contribution >= 4 is 29.9 Å². The van der Waals surface area contributed by atoms with E-state index in [1.807, 2.05) is 6.07 Å². The van der Waals surface area contributed by atoms with E-state index in [1.165, 1.54) is 5.56 Å². The van der Waals surface area contributed by atoms with Gasteiger partial charge in [0.2, 0.25) is 0 Å². The Kier molecular flexibility index (Phi) is 15.4. The van der Waals surface area contributed by atoms with Gasteiger partial charge in [-0.1, -0.05) is 30.3 Å². The Morgan fingerprint density at radius 3 is 2.35 bits per heavy atom. The van der Waals surface area contributed by atoms with E-state index in [1.54, 1.807) is 14.2 Å². The van der Waals surface area contributed by atoms with Crippen LogP contribution < -0.4 is 10.6 Å². The Morgan fingerprint density at radius 2 is 1.70 bits per heavy atom. The number of hydrogen-bond acceptors (Lipinski definition) is 3. The highest BCUT2D eigenvalue weighted by molar-refractivity contribution is 14.0. The Bertz CT molecular complexity index is 402. The van der Waals surface area contributed by atoms with Crippen molar-refractivity contribution in [2.45, 2.75) is 19.3 Å². The molecule has 1 aromatic carbocycles. The van der Waals surface area contributed by atoms with E-state index in [-0.39, 0.29) is 24.0 Å². The van der Waals surface area contributed by atoms with Gasteiger partial charge in [-0.3, -0.25) is 4.99 Å². The van der Waals surface area contributed by atoms with Gasteiger partial charge in [0.15, 0.2) is 5.96 Å². The van der Waals surface area contributed by atoms with Crippen LogP contribution in [0.4, 0.5) is 0 Å². The van der Waals surface area contributed by atoms with Gasteiger partial charge in [0.25, 0.3) is 0 Å². The number of nitrogens with zero attached hydrogens (tertiary/aromatic N) is 1. The summed E-state index contributed by atoms with van der Waals surface area (Å²) in [5.74, 6) is 0.852. The summed E-state index contributed by atoms with van der Waals surface area (Å²) in [5.41, 5.74) is 1.38. The minimum atomic E-state index is 0. The number of benzene rings is 1. The van der Waals surface area contributed by atoms with E-state index in [9.17, 15) is 0 Å². The average Bonchev–Trinajstić information content (AvgIpc) is 2.57. The molecule has 0 atom stereocenters. The summed E-state index contributed by atoms with van der Waals surface area (Å²) in [6, 6.07) is 10.5. The molecule has 1 rings (SSSR count). The lowest BCUT2D eigenvalue weighted by atomic mass is 10.1. The second kappa shape index (κ2) is 16.0. The van der Waals surface area contributed by atoms with Gasteiger partial charge in [-0.25, -0.2) is 0 Å². The van der Waals surface area contributed by atoms with Crippen molar-refractivity contribution in [1.82, 2.24) is 10.6 Å². The van der Waals surface area contributed by atoms with E-state index in [0.717, 1.165) is 44.9 Å². The third-order valence-corrected chi connectivity index (χ3v) is 3.19. The highest BCUT2D eigenvalue weighted by Gasteiger charge is 1.97. The summed E-state index contributed by atoms with van der Waals surface area (Å²) in [6.45, 7) is 3.81. The fourth-order valence-electron chi connectivity index (χ4n) is 1.99. The van der Waals surface area contributed by atoms with Crippen LogP contribution in [0.5, 0.6) is 0 Å². The maximum Gasteiger partial charge on any atom is 0.190 e. The lowest BCUT2D eigenvalue weighted by Gasteiger charge is -2.12. The molecule has 0 radical (unpaired) electrons. The molecule has 23 heavy (non-hydrogen) atoms. The van der Waals surface area contributed by atoms with E-state index in [0.29, 0.717) is 13.2 Å². The molecule has 0 bridgehead atoms. The van der Waals surface area contributed by atoms with Crippen LogP contribution in [0.1, 0.15) is 18.4 Å². The highest BCUT2D eigenvalue weighted by atomic mass is 127. The van der Waals surface area contributed by atoms with Crippen LogP contribution in [-0.4, -0.2) is 53.0 Å². The van der Waals surface area contributed by atoms with Crippen LogP contribution in [0.3, 0.4) is 0 Å². The van der Waals surface area contributed by atoms with E-state index in [2.05, 4.69) is 39.9 Å². The molecule has 0 unspecified atom stereocenters. The molecule has 0 saturated heterocycles. The van der Waals surface area contributed by atoms with Gasteiger partial charge in [-0.05, 0) is 24.8 Å². The lowest BCUT2D eigenvalue weighted by molar-refractivity contribution is 0.0698. The number of rotatable bonds is 11. The summed E-state index contributed by atoms with van der Waals surface area (Å²) in [6.07, 6.45) is 3.12. The van der Waals surface area contributed by atoms with Gasteiger partial charge in [-0.15, -0.1) is 24.0 Å². The summed E-state index contributed by atoms with van der Waals surface area (Å²) in [4.78, 5) is 4.21. The zero-order valence-corrected chi connectivity index (χ0v) is 16.5. The quantitative estimate of drug-likeness (QED) is 0.243. The molecule has 0 aromatic heterocycles. The van der Waals surface area contributed by atoms with Crippen molar-refractivity contribution in [1.29, 1.82) is 0 Å². The Labute approximate surface area is 157 Å². The zero-order chi connectivity index (χ0) is 15.9. The number of aryl methyl sites for hydroxylation is 1. The maximum absolute atomic E-state index is 5.41. The van der Waals surface area contributed by atoms with Gasteiger partial charge >= 0.3 is 0 Å². The average molecular weight is 435 g/mol. The molecular weight excluding hydrogens is 405 g/mol. The molecule has 1 aromatic rings. The van der Waals surface area contributed by atoms with Crippen LogP contribution in [0.15, 0.2) is 35.3 Å². The molecule has 132 valence electrons. The Hall–Kier alpha value is -0.860. The fourth-order valence-corrected chi connectivity index (χ4v) is 1.99. The SMILES string of the molecule is CN=C(NCCCOCCOC)NCCCc1ccccc1.I. The predicted molar refractivity (Wildman–Crippen MR) is 107 cm³/mol. The first-order chi connectivity index (χ1) is 10.9. The minimum absolute atomic E-state index is 0. The van der Waals surface area contributed by atoms with Gasteiger partial charge in [0, 0.05) is 33.9 Å². The molecule has 6 heteroatoms. The summed E-state index contributed by atoms with van der Waals surface area (Å²) >= 11 is 0. The predicted octanol–water partition coefficient (Wildman–Crippen LogP) is 2.46. The van der Waals surface area contributed by atoms with Gasteiger partial charge in [0.1, 0.15) is 0 Å². The number of guanidine groups is 1. The van der Waals surface area contributed by atoms with Crippen molar-refractivity contribution in [2.75, 3.05) is 47.1 Å². The number of halogens is 1. The largest absolute Gasteiger partial charge is 0.382 e. The van der Waals surface area contributed by atoms with Crippen molar-refractivity contribution < 1.29 is 9.47 Å². The number of hydrogen-bond donors (Lipinski definition) is 2. The van der Waals surface area contributed by atoms with Crippen LogP contribution in [-0.2, 0) is 15.9 Å². The minimum Gasteiger partial charge on any atom is -0.382 e. The Balaban J connectivity index is 0.00000484. The first-order valence-electron chi connectivity index (χ1n) is 7.92. The van der Waals surface area contributed by atoms with E-state index >= 15 is 0 Å². The van der Waals surface area contributed by atoms with Gasteiger partial charge in [0.05, 0.1) is 13.2 Å². The molecule has 0 spiro atoms. The van der Waals surface area contributed by atoms with Crippen molar-refractivity contribution in [3.63, 3.8) is 0 Å². The van der Waals surface area contributed by atoms with E-state index in [4.69, 9.17) is 9.47 Å². The second-order valence-corrected chi connectivity index (χ2v) is 4.97. The fraction of sp³-hybridized carbons (Fsp3) is 0.588. The third kappa shape index (κ3) is 12.3. The Morgan fingerprint density at radius 1 is 1.00 bits per heavy atom. The number of nitrogens with one attached hydrogen (secondary N) is 2. The number of aliphatic imine (C=N–C) groups is 1. The summed E-state index contributed by atoms with van der Waals surface area (Å²) in [5, 5.41) is 6.62. The molecule has 0 aliphatic heterocycles. The summed E-state index contributed by atoms with van der Waals surface area (Å²) < 4.78 is 10.3. The van der Waals surface area contributed by atoms with Crippen LogP contribution in [0.25, 0.3) is 0 Å². The molecule has 5 nitrogen and oxygen atoms in total. The van der Waals surface area contributed by atoms with Crippen LogP contribution in [0.2, 0.25) is 0 Å². The standard InChI is InChI=1S/C17H29N3O2.HI/c1-18-17(20-12-7-13-22-15-14-21-2)19-11-6-10-16-8-4-3-5-9-16;/h3-5,8-9H,6-7,10-15H2,1-2H3,(H2,18,19,20);1H. The molecule has 0 heterocycles. The number of methoxy groups -OCH3 is 1. The zero-order valence-electron chi connectivity index (χ0n) is 14.2. The monoisotopic (exact) mass is 435 g/mol. The van der Waals surface area contributed by atoms with Gasteiger partial charge in [-0.2, -0.15) is 0 Å². The second-order valence-electron chi connectivity index (χ2n) is 4.97. The van der Waals surface area contributed by atoms with Gasteiger partial charge < -0.3 is 20.1 Å². The normalized spacial score (nSPS) is 11.0. The number of ether oxygens (including phenoxy) is 2. The molecule has 0 aliphatic carbocycles. The first kappa shape index (κ1) is 22.1. The molecule has 0 amide bonds. The van der Waals surface area contributed by atoms with Crippen molar-refractivity contribution in [3.05, 3.63) is 35.9 Å². The molecule has 0 saturated carbocycles. The molecule has 0 aliphatic rings. The molecule has 2 N–H and O–H groups in total. The third-order valence-electron chi connectivity index (χ3n) is 3.19.